The highest BCUT2D eigenvalue weighted by molar-refractivity contribution is 5.55. The molecular formula is C18H22N4O3. The summed E-state index contributed by atoms with van der Waals surface area (Å²) in [6.45, 7) is 7.37. The lowest BCUT2D eigenvalue weighted by molar-refractivity contribution is 0.102. The van der Waals surface area contributed by atoms with Crippen LogP contribution in [0.5, 0.6) is 0 Å². The van der Waals surface area contributed by atoms with Gasteiger partial charge in [-0.05, 0) is 25.0 Å². The monoisotopic (exact) mass is 342 g/mol. The Morgan fingerprint density at radius 3 is 2.84 bits per heavy atom. The number of furan rings is 1. The van der Waals surface area contributed by atoms with Crippen molar-refractivity contribution in [2.45, 2.75) is 18.9 Å². The fourth-order valence-corrected chi connectivity index (χ4v) is 2.94. The largest absolute Gasteiger partial charge is 0.459 e. The highest BCUT2D eigenvalue weighted by Gasteiger charge is 2.25. The van der Waals surface area contributed by atoms with Gasteiger partial charge in [-0.3, -0.25) is 4.90 Å². The van der Waals surface area contributed by atoms with E-state index in [1.165, 1.54) is 0 Å². The molecule has 1 saturated heterocycles. The second-order valence-corrected chi connectivity index (χ2v) is 6.07. The highest BCUT2D eigenvalue weighted by atomic mass is 16.4. The average molecular weight is 342 g/mol. The van der Waals surface area contributed by atoms with Crippen LogP contribution in [0.15, 0.2) is 39.9 Å². The fraction of sp³-hybridized carbons (Fsp3) is 0.444. The molecule has 1 atom stereocenters. The van der Waals surface area contributed by atoms with Gasteiger partial charge in [0.15, 0.2) is 5.76 Å². The second-order valence-electron chi connectivity index (χ2n) is 6.07. The number of oxazole rings is 1. The number of rotatable bonds is 7. The van der Waals surface area contributed by atoms with Crippen molar-refractivity contribution in [3.63, 3.8) is 0 Å². The Morgan fingerprint density at radius 2 is 2.20 bits per heavy atom. The number of hydrogen-bond acceptors (Lipinski definition) is 7. The quantitative estimate of drug-likeness (QED) is 0.772. The van der Waals surface area contributed by atoms with Crippen LogP contribution in [-0.4, -0.2) is 53.8 Å². The topological polar surface area (TPSA) is 89.7 Å². The number of nitriles is 1. The van der Waals surface area contributed by atoms with E-state index in [-0.39, 0.29) is 11.8 Å². The summed E-state index contributed by atoms with van der Waals surface area (Å²) in [5.41, 5.74) is 0.269. The first-order valence-corrected chi connectivity index (χ1v) is 8.42. The maximum absolute atomic E-state index is 10.0. The zero-order valence-corrected chi connectivity index (χ0v) is 14.1. The predicted octanol–water partition coefficient (Wildman–Crippen LogP) is 2.26. The Hall–Kier alpha value is -2.56. The number of piperazine rings is 1. The summed E-state index contributed by atoms with van der Waals surface area (Å²) in [6.07, 6.45) is 4.58. The molecule has 1 fully saturated rings. The third kappa shape index (κ3) is 4.10. The van der Waals surface area contributed by atoms with E-state index in [0.717, 1.165) is 39.0 Å². The minimum Gasteiger partial charge on any atom is -0.459 e. The average Bonchev–Trinajstić information content (AvgIpc) is 3.29. The maximum Gasteiger partial charge on any atom is 0.266 e. The number of nitrogens with zero attached hydrogens (tertiary/aromatic N) is 4. The van der Waals surface area contributed by atoms with Crippen LogP contribution in [0.25, 0.3) is 11.7 Å². The molecule has 132 valence electrons. The zero-order chi connectivity index (χ0) is 17.6. The molecule has 1 N–H and O–H groups in total. The van der Waals surface area contributed by atoms with Crippen molar-refractivity contribution in [1.29, 1.82) is 5.26 Å². The molecule has 2 aromatic heterocycles. The van der Waals surface area contributed by atoms with Crippen molar-refractivity contribution in [2.75, 3.05) is 37.6 Å². The molecule has 3 heterocycles. The molecular weight excluding hydrogens is 320 g/mol. The number of hydrogen-bond donors (Lipinski definition) is 1. The number of aliphatic hydroxyl groups excluding tert-OH is 1. The molecule has 0 aromatic carbocycles. The van der Waals surface area contributed by atoms with Gasteiger partial charge in [0, 0.05) is 32.7 Å². The van der Waals surface area contributed by atoms with Crippen LogP contribution in [0.2, 0.25) is 0 Å². The lowest BCUT2D eigenvalue weighted by atomic mass is 10.1. The third-order valence-corrected chi connectivity index (χ3v) is 4.28. The molecule has 3 rings (SSSR count). The summed E-state index contributed by atoms with van der Waals surface area (Å²) in [6, 6.07) is 5.59. The first kappa shape index (κ1) is 17.3. The standard InChI is InChI=1S/C18H22N4O3/c1-2-3-5-14(23)13-21-7-9-22(10-8-21)18-15(12-19)20-17(25-18)16-6-4-11-24-16/h2,4,6,11,14,23H,1,3,5,7-10,13H2. The van der Waals surface area contributed by atoms with Crippen molar-refractivity contribution in [1.82, 2.24) is 9.88 Å². The number of allylic oxidation sites excluding steroid dienone is 1. The molecule has 25 heavy (non-hydrogen) atoms. The molecule has 7 heteroatoms. The van der Waals surface area contributed by atoms with E-state index in [1.807, 2.05) is 11.0 Å². The van der Waals surface area contributed by atoms with E-state index in [4.69, 9.17) is 8.83 Å². The highest BCUT2D eigenvalue weighted by Crippen LogP contribution is 2.29. The molecule has 0 bridgehead atoms. The first-order valence-electron chi connectivity index (χ1n) is 8.42. The summed E-state index contributed by atoms with van der Waals surface area (Å²) < 4.78 is 11.1. The summed E-state index contributed by atoms with van der Waals surface area (Å²) >= 11 is 0. The van der Waals surface area contributed by atoms with Gasteiger partial charge in [0.2, 0.25) is 11.6 Å². The van der Waals surface area contributed by atoms with E-state index >= 15 is 0 Å². The van der Waals surface area contributed by atoms with Crippen LogP contribution in [0.3, 0.4) is 0 Å². The van der Waals surface area contributed by atoms with Crippen LogP contribution >= 0.6 is 0 Å². The van der Waals surface area contributed by atoms with Crippen molar-refractivity contribution in [3.05, 3.63) is 36.7 Å². The molecule has 1 aliphatic heterocycles. The second kappa shape index (κ2) is 8.01. The van der Waals surface area contributed by atoms with Crippen molar-refractivity contribution >= 4 is 5.88 Å². The number of aromatic nitrogens is 1. The minimum absolute atomic E-state index is 0.269. The molecule has 7 nitrogen and oxygen atoms in total. The van der Waals surface area contributed by atoms with Gasteiger partial charge in [-0.15, -0.1) is 6.58 Å². The third-order valence-electron chi connectivity index (χ3n) is 4.28. The van der Waals surface area contributed by atoms with E-state index < -0.39 is 0 Å². The Kier molecular flexibility index (Phi) is 5.53. The zero-order valence-electron chi connectivity index (χ0n) is 14.1. The lowest BCUT2D eigenvalue weighted by Gasteiger charge is -2.35. The van der Waals surface area contributed by atoms with Gasteiger partial charge in [0.25, 0.3) is 5.89 Å². The summed E-state index contributed by atoms with van der Waals surface area (Å²) in [4.78, 5) is 8.46. The van der Waals surface area contributed by atoms with Gasteiger partial charge in [-0.1, -0.05) is 6.08 Å². The van der Waals surface area contributed by atoms with E-state index in [1.54, 1.807) is 18.4 Å². The summed E-state index contributed by atoms with van der Waals surface area (Å²) in [7, 11) is 0. The molecule has 0 aliphatic carbocycles. The molecule has 0 radical (unpaired) electrons. The minimum atomic E-state index is -0.338. The van der Waals surface area contributed by atoms with Gasteiger partial charge in [0.1, 0.15) is 6.07 Å². The van der Waals surface area contributed by atoms with Gasteiger partial charge in [-0.25, -0.2) is 0 Å². The Morgan fingerprint density at radius 1 is 1.40 bits per heavy atom. The molecule has 1 aliphatic rings. The predicted molar refractivity (Wildman–Crippen MR) is 93.0 cm³/mol. The van der Waals surface area contributed by atoms with Gasteiger partial charge < -0.3 is 18.8 Å². The van der Waals surface area contributed by atoms with Crippen LogP contribution in [-0.2, 0) is 0 Å². The SMILES string of the molecule is C=CCCC(O)CN1CCN(c2oc(-c3ccco3)nc2C#N)CC1. The molecule has 1 unspecified atom stereocenters. The van der Waals surface area contributed by atoms with Crippen molar-refractivity contribution in [2.24, 2.45) is 0 Å². The van der Waals surface area contributed by atoms with Crippen LogP contribution in [0.1, 0.15) is 18.5 Å². The normalized spacial score (nSPS) is 16.6. The Labute approximate surface area is 146 Å². The number of β-amino-alcohol motifs (C(OH)–C–C–N with tert-alkyl or cyclic N) is 1. The van der Waals surface area contributed by atoms with Crippen molar-refractivity contribution < 1.29 is 13.9 Å². The summed E-state index contributed by atoms with van der Waals surface area (Å²) in [5, 5.41) is 19.4. The van der Waals surface area contributed by atoms with E-state index in [2.05, 4.69) is 22.5 Å². The van der Waals surface area contributed by atoms with Crippen LogP contribution in [0, 0.1) is 11.3 Å². The Balaban J connectivity index is 1.61. The van der Waals surface area contributed by atoms with Gasteiger partial charge >= 0.3 is 0 Å². The number of aliphatic hydroxyl groups is 1. The molecule has 0 saturated carbocycles. The number of anilines is 1. The van der Waals surface area contributed by atoms with Gasteiger partial charge in [0.05, 0.1) is 12.4 Å². The van der Waals surface area contributed by atoms with Crippen molar-refractivity contribution in [3.8, 4) is 17.7 Å². The maximum atomic E-state index is 10.0. The lowest BCUT2D eigenvalue weighted by Crippen LogP contribution is -2.48. The molecule has 0 amide bonds. The van der Waals surface area contributed by atoms with Gasteiger partial charge in [-0.2, -0.15) is 10.2 Å². The first-order chi connectivity index (χ1) is 12.2. The Bertz CT molecular complexity index is 724. The van der Waals surface area contributed by atoms with E-state index in [9.17, 15) is 10.4 Å². The molecule has 0 spiro atoms. The van der Waals surface area contributed by atoms with Crippen LogP contribution < -0.4 is 4.90 Å². The summed E-state index contributed by atoms with van der Waals surface area (Å²) in [5.74, 6) is 1.31. The smallest absolute Gasteiger partial charge is 0.266 e. The fourth-order valence-electron chi connectivity index (χ4n) is 2.94. The van der Waals surface area contributed by atoms with Crippen LogP contribution in [0.4, 0.5) is 5.88 Å². The molecule has 2 aromatic rings. The van der Waals surface area contributed by atoms with E-state index in [0.29, 0.717) is 24.1 Å².